The summed E-state index contributed by atoms with van der Waals surface area (Å²) in [6, 6.07) is 3.09. The van der Waals surface area contributed by atoms with Crippen molar-refractivity contribution in [2.45, 2.75) is 23.3 Å². The number of rotatable bonds is 4. The van der Waals surface area contributed by atoms with E-state index in [-0.39, 0.29) is 48.2 Å². The maximum absolute atomic E-state index is 11.4. The second-order valence-corrected chi connectivity index (χ2v) is 8.54. The van der Waals surface area contributed by atoms with Crippen LogP contribution in [-0.2, 0) is 9.47 Å². The lowest BCUT2D eigenvalue weighted by molar-refractivity contribution is -0.00634. The molecule has 164 valence electrons. The van der Waals surface area contributed by atoms with Crippen molar-refractivity contribution < 1.29 is 19.7 Å². The normalized spacial score (nSPS) is 25.7. The number of nitrogens with two attached hydrogens (primary N) is 2. The van der Waals surface area contributed by atoms with Gasteiger partial charge in [-0.25, -0.2) is 9.59 Å². The molecule has 30 heavy (non-hydrogen) atoms. The highest BCUT2D eigenvalue weighted by Gasteiger charge is 2.28. The van der Waals surface area contributed by atoms with E-state index in [9.17, 15) is 9.59 Å². The van der Waals surface area contributed by atoms with Crippen molar-refractivity contribution in [3.8, 4) is 0 Å². The summed E-state index contributed by atoms with van der Waals surface area (Å²) in [5.41, 5.74) is 9.35. The van der Waals surface area contributed by atoms with Gasteiger partial charge in [0.15, 0.2) is 0 Å². The van der Waals surface area contributed by atoms with E-state index in [0.717, 1.165) is 0 Å². The van der Waals surface area contributed by atoms with E-state index >= 15 is 0 Å². The van der Waals surface area contributed by atoms with Crippen molar-refractivity contribution in [3.63, 3.8) is 0 Å². The summed E-state index contributed by atoms with van der Waals surface area (Å²) in [4.78, 5) is 30.1. The van der Waals surface area contributed by atoms with E-state index in [1.807, 2.05) is 0 Å². The minimum atomic E-state index is -0.431. The van der Waals surface area contributed by atoms with Gasteiger partial charge in [0.1, 0.15) is 35.0 Å². The Kier molecular flexibility index (Phi) is 7.74. The van der Waals surface area contributed by atoms with E-state index in [4.69, 9.17) is 31.2 Å². The summed E-state index contributed by atoms with van der Waals surface area (Å²) in [6.07, 6.45) is 2.37. The molecule has 4 atom stereocenters. The first-order valence-corrected chi connectivity index (χ1v) is 11.0. The Balaban J connectivity index is 0.000000171. The number of nitrogens with zero attached hydrogens (tertiary/aromatic N) is 4. The average molecular weight is 459 g/mol. The molecule has 2 aromatic heterocycles. The van der Waals surface area contributed by atoms with Crippen LogP contribution >= 0.6 is 23.5 Å². The molecule has 6 N–H and O–H groups in total. The van der Waals surface area contributed by atoms with Gasteiger partial charge < -0.3 is 31.2 Å². The lowest BCUT2D eigenvalue weighted by atomic mass is 10.5. The predicted molar refractivity (Wildman–Crippen MR) is 113 cm³/mol. The summed E-state index contributed by atoms with van der Waals surface area (Å²) >= 11 is 2.93. The van der Waals surface area contributed by atoms with Crippen molar-refractivity contribution in [1.29, 1.82) is 0 Å². The number of hydrogen-bond donors (Lipinski definition) is 4. The minimum Gasteiger partial charge on any atom is -0.393 e. The highest BCUT2D eigenvalue weighted by molar-refractivity contribution is 8.00. The Labute approximate surface area is 179 Å². The number of aliphatic hydroxyl groups excluding tert-OH is 2. The number of hydrogen-bond acceptors (Lipinski definition) is 12. The number of aliphatic hydroxyl groups is 2. The molecule has 0 radical (unpaired) electrons. The van der Waals surface area contributed by atoms with Gasteiger partial charge in [-0.15, -0.1) is 23.5 Å². The molecule has 0 spiro atoms. The Morgan fingerprint density at radius 3 is 1.60 bits per heavy atom. The van der Waals surface area contributed by atoms with E-state index in [2.05, 4.69) is 9.97 Å². The van der Waals surface area contributed by atoms with Crippen LogP contribution in [0.25, 0.3) is 0 Å². The smallest absolute Gasteiger partial charge is 0.351 e. The molecule has 12 nitrogen and oxygen atoms in total. The molecule has 4 rings (SSSR count). The summed E-state index contributed by atoms with van der Waals surface area (Å²) in [6.45, 7) is -0.114. The quantitative estimate of drug-likeness (QED) is 0.431. The Morgan fingerprint density at radius 1 is 0.900 bits per heavy atom. The summed E-state index contributed by atoms with van der Waals surface area (Å²) in [7, 11) is 0. The standard InChI is InChI=1S/2C8H11N3O3S/c2*9-5-1-2-11(8(13)10-5)6-4-15-7(3-12)14-6/h2*1-2,6-7,12H,3-4H2,(H2,9,10,13)/t2*6-,7-/m10/s1. The summed E-state index contributed by atoms with van der Waals surface area (Å²) < 4.78 is 13.6. The SMILES string of the molecule is Nc1ccn([C@@H]2CS[C@@H](CO)O2)c(=O)n1.Nc1ccn([C@H]2CS[C@H](CO)O2)c(=O)n1. The van der Waals surface area contributed by atoms with Crippen LogP contribution in [-0.4, -0.2) is 64.9 Å². The lowest BCUT2D eigenvalue weighted by Crippen LogP contribution is -2.28. The molecule has 0 bridgehead atoms. The third kappa shape index (κ3) is 5.53. The molecule has 2 saturated heterocycles. The van der Waals surface area contributed by atoms with Crippen LogP contribution in [0, 0.1) is 0 Å². The summed E-state index contributed by atoms with van der Waals surface area (Å²) in [5, 5.41) is 17.8. The van der Waals surface area contributed by atoms with E-state index in [0.29, 0.717) is 11.5 Å². The Morgan fingerprint density at radius 2 is 1.30 bits per heavy atom. The highest BCUT2D eigenvalue weighted by Crippen LogP contribution is 2.31. The van der Waals surface area contributed by atoms with Gasteiger partial charge in [0.25, 0.3) is 0 Å². The average Bonchev–Trinajstić information content (AvgIpc) is 3.38. The van der Waals surface area contributed by atoms with Crippen LogP contribution < -0.4 is 22.8 Å². The molecule has 0 saturated carbocycles. The number of nitrogen functional groups attached to an aromatic ring is 2. The lowest BCUT2D eigenvalue weighted by Gasteiger charge is -2.13. The van der Waals surface area contributed by atoms with Crippen molar-refractivity contribution in [2.24, 2.45) is 0 Å². The number of thioether (sulfide) groups is 2. The first kappa shape index (κ1) is 22.6. The molecular formula is C16H22N6O6S2. The van der Waals surface area contributed by atoms with Crippen LogP contribution in [0.3, 0.4) is 0 Å². The van der Waals surface area contributed by atoms with Gasteiger partial charge in [-0.1, -0.05) is 0 Å². The number of anilines is 2. The van der Waals surface area contributed by atoms with Crippen LogP contribution in [0.5, 0.6) is 0 Å². The maximum Gasteiger partial charge on any atom is 0.351 e. The van der Waals surface area contributed by atoms with Crippen LogP contribution in [0.1, 0.15) is 12.5 Å². The van der Waals surface area contributed by atoms with E-state index in [1.165, 1.54) is 32.7 Å². The van der Waals surface area contributed by atoms with E-state index < -0.39 is 11.4 Å². The van der Waals surface area contributed by atoms with Crippen LogP contribution in [0.15, 0.2) is 34.1 Å². The maximum atomic E-state index is 11.4. The molecule has 0 aromatic carbocycles. The monoisotopic (exact) mass is 458 g/mol. The molecule has 4 heterocycles. The molecule has 0 amide bonds. The second kappa shape index (κ2) is 10.3. The molecule has 2 aromatic rings. The van der Waals surface area contributed by atoms with Gasteiger partial charge in [-0.3, -0.25) is 9.13 Å². The highest BCUT2D eigenvalue weighted by atomic mass is 32.2. The zero-order valence-electron chi connectivity index (χ0n) is 15.7. The Hall–Kier alpha value is -2.10. The largest absolute Gasteiger partial charge is 0.393 e. The zero-order valence-corrected chi connectivity index (χ0v) is 17.4. The third-order valence-electron chi connectivity index (χ3n) is 4.09. The van der Waals surface area contributed by atoms with Gasteiger partial charge >= 0.3 is 11.4 Å². The van der Waals surface area contributed by atoms with Crippen molar-refractivity contribution in [2.75, 3.05) is 36.2 Å². The van der Waals surface area contributed by atoms with Gasteiger partial charge in [0.2, 0.25) is 0 Å². The minimum absolute atomic E-state index is 0.0572. The predicted octanol–water partition coefficient (Wildman–Crippen LogP) is -1.19. The molecule has 2 aliphatic heterocycles. The van der Waals surface area contributed by atoms with E-state index in [1.54, 1.807) is 24.5 Å². The first-order chi connectivity index (χ1) is 14.4. The topological polar surface area (TPSA) is 181 Å². The fraction of sp³-hybridized carbons (Fsp3) is 0.500. The van der Waals surface area contributed by atoms with Crippen molar-refractivity contribution in [3.05, 3.63) is 45.5 Å². The zero-order chi connectivity index (χ0) is 21.7. The fourth-order valence-corrected chi connectivity index (χ4v) is 4.52. The van der Waals surface area contributed by atoms with Crippen LogP contribution in [0.4, 0.5) is 11.6 Å². The van der Waals surface area contributed by atoms with Gasteiger partial charge in [0.05, 0.1) is 13.2 Å². The molecule has 14 heteroatoms. The molecule has 0 aliphatic carbocycles. The van der Waals surface area contributed by atoms with Crippen molar-refractivity contribution in [1.82, 2.24) is 19.1 Å². The van der Waals surface area contributed by atoms with Crippen LogP contribution in [0.2, 0.25) is 0 Å². The first-order valence-electron chi connectivity index (χ1n) is 8.86. The second-order valence-electron chi connectivity index (χ2n) is 6.16. The van der Waals surface area contributed by atoms with Gasteiger partial charge in [-0.2, -0.15) is 9.97 Å². The van der Waals surface area contributed by atoms with Crippen molar-refractivity contribution >= 4 is 35.2 Å². The molecule has 2 aliphatic rings. The van der Waals surface area contributed by atoms with Gasteiger partial charge in [-0.05, 0) is 12.1 Å². The molecule has 2 fully saturated rings. The number of ether oxygens (including phenoxy) is 2. The summed E-state index contributed by atoms with van der Waals surface area (Å²) in [5.74, 6) is 1.63. The number of aromatic nitrogens is 4. The molecular weight excluding hydrogens is 436 g/mol. The Bertz CT molecular complexity index is 894. The fourth-order valence-electron chi connectivity index (χ4n) is 2.66. The third-order valence-corrected chi connectivity index (χ3v) is 6.31. The molecule has 0 unspecified atom stereocenters. The van der Waals surface area contributed by atoms with Gasteiger partial charge in [0, 0.05) is 23.9 Å².